The normalized spacial score (nSPS) is 30.8. The summed E-state index contributed by atoms with van der Waals surface area (Å²) >= 11 is 0. The van der Waals surface area contributed by atoms with Gasteiger partial charge in [-0.05, 0) is 24.7 Å². The van der Waals surface area contributed by atoms with Crippen LogP contribution in [-0.2, 0) is 4.79 Å². The van der Waals surface area contributed by atoms with E-state index < -0.39 is 5.97 Å². The van der Waals surface area contributed by atoms with Gasteiger partial charge in [0.15, 0.2) is 0 Å². The summed E-state index contributed by atoms with van der Waals surface area (Å²) in [7, 11) is 0. The zero-order valence-corrected chi connectivity index (χ0v) is 7.69. The van der Waals surface area contributed by atoms with Gasteiger partial charge in [-0.25, -0.2) is 0 Å². The van der Waals surface area contributed by atoms with E-state index >= 15 is 0 Å². The monoisotopic (exact) mass is 191 g/mol. The number of carboxylic acids is 1. The molecule has 0 aromatic carbocycles. The first-order valence-electron chi connectivity index (χ1n) is 4.18. The summed E-state index contributed by atoms with van der Waals surface area (Å²) in [6, 6.07) is -0.268. The Morgan fingerprint density at radius 1 is 1.50 bits per heavy atom. The molecule has 0 unspecified atom stereocenters. The van der Waals surface area contributed by atoms with E-state index in [4.69, 9.17) is 5.11 Å². The summed E-state index contributed by atoms with van der Waals surface area (Å²) in [5.74, 6) is -0.686. The van der Waals surface area contributed by atoms with Crippen LogP contribution < -0.4 is 5.32 Å². The quantitative estimate of drug-likeness (QED) is 0.651. The van der Waals surface area contributed by atoms with Gasteiger partial charge in [0.2, 0.25) is 0 Å². The molecule has 0 amide bonds. The fourth-order valence-electron chi connectivity index (χ4n) is 2.15. The lowest BCUT2D eigenvalue weighted by molar-refractivity contribution is -0.139. The Kier molecular flexibility index (Phi) is 2.64. The Labute approximate surface area is 77.9 Å². The Bertz CT molecular complexity index is 191. The number of aliphatic carboxylic acids is 1. The van der Waals surface area contributed by atoms with Crippen LogP contribution in [0.5, 0.6) is 0 Å². The van der Waals surface area contributed by atoms with Crippen molar-refractivity contribution in [3.8, 4) is 0 Å². The number of carbonyl (C=O) groups is 1. The summed E-state index contributed by atoms with van der Waals surface area (Å²) in [4.78, 5) is 10.6. The van der Waals surface area contributed by atoms with Crippen molar-refractivity contribution in [2.45, 2.75) is 31.7 Å². The highest BCUT2D eigenvalue weighted by molar-refractivity contribution is 5.85. The van der Waals surface area contributed by atoms with Crippen LogP contribution in [-0.4, -0.2) is 23.7 Å². The average Bonchev–Trinajstić information content (AvgIpc) is 2.28. The highest BCUT2D eigenvalue weighted by Crippen LogP contribution is 2.46. The molecule has 12 heavy (non-hydrogen) atoms. The fourth-order valence-corrected chi connectivity index (χ4v) is 2.15. The number of halogens is 1. The minimum Gasteiger partial charge on any atom is -0.480 e. The average molecular weight is 192 g/mol. The molecule has 70 valence electrons. The molecule has 2 fully saturated rings. The van der Waals surface area contributed by atoms with Gasteiger partial charge in [0.25, 0.3) is 0 Å². The third kappa shape index (κ3) is 1.43. The van der Waals surface area contributed by atoms with Gasteiger partial charge >= 0.3 is 5.97 Å². The van der Waals surface area contributed by atoms with Gasteiger partial charge in [0, 0.05) is 6.54 Å². The van der Waals surface area contributed by atoms with Crippen LogP contribution in [0.2, 0.25) is 0 Å². The highest BCUT2D eigenvalue weighted by atomic mass is 35.5. The predicted molar refractivity (Wildman–Crippen MR) is 47.6 cm³/mol. The topological polar surface area (TPSA) is 49.3 Å². The second kappa shape index (κ2) is 3.23. The number of rotatable bonds is 1. The molecule has 1 aliphatic heterocycles. The number of carboxylic acid groups (broad SMARTS) is 1. The maximum Gasteiger partial charge on any atom is 0.320 e. The maximum atomic E-state index is 10.6. The highest BCUT2D eigenvalue weighted by Gasteiger charge is 2.45. The lowest BCUT2D eigenvalue weighted by atomic mass is 9.67. The van der Waals surface area contributed by atoms with Crippen molar-refractivity contribution in [1.82, 2.24) is 5.32 Å². The first-order valence-corrected chi connectivity index (χ1v) is 4.18. The van der Waals surface area contributed by atoms with Crippen molar-refractivity contribution >= 4 is 18.4 Å². The van der Waals surface area contributed by atoms with Gasteiger partial charge < -0.3 is 10.4 Å². The molecule has 0 aromatic heterocycles. The van der Waals surface area contributed by atoms with Crippen molar-refractivity contribution in [1.29, 1.82) is 0 Å². The van der Waals surface area contributed by atoms with Crippen molar-refractivity contribution in [2.24, 2.45) is 5.41 Å². The minimum atomic E-state index is -0.686. The molecule has 1 heterocycles. The Hall–Kier alpha value is -0.280. The van der Waals surface area contributed by atoms with E-state index in [9.17, 15) is 4.79 Å². The largest absolute Gasteiger partial charge is 0.480 e. The lowest BCUT2D eigenvalue weighted by Crippen LogP contribution is -2.31. The van der Waals surface area contributed by atoms with Crippen molar-refractivity contribution in [3.63, 3.8) is 0 Å². The van der Waals surface area contributed by atoms with E-state index in [1.54, 1.807) is 0 Å². The summed E-state index contributed by atoms with van der Waals surface area (Å²) in [6.45, 7) is 0.921. The van der Waals surface area contributed by atoms with E-state index in [2.05, 4.69) is 5.32 Å². The molecule has 2 aliphatic rings. The molecule has 2 N–H and O–H groups in total. The van der Waals surface area contributed by atoms with Crippen LogP contribution in [0.15, 0.2) is 0 Å². The van der Waals surface area contributed by atoms with Crippen molar-refractivity contribution in [3.05, 3.63) is 0 Å². The van der Waals surface area contributed by atoms with Crippen LogP contribution in [0.25, 0.3) is 0 Å². The van der Waals surface area contributed by atoms with Crippen LogP contribution in [0.4, 0.5) is 0 Å². The van der Waals surface area contributed by atoms with Gasteiger partial charge in [-0.2, -0.15) is 0 Å². The first kappa shape index (κ1) is 9.81. The molecule has 0 bridgehead atoms. The molecule has 0 radical (unpaired) electrons. The summed E-state index contributed by atoms with van der Waals surface area (Å²) < 4.78 is 0. The van der Waals surface area contributed by atoms with E-state index in [1.807, 2.05) is 0 Å². The maximum absolute atomic E-state index is 10.6. The van der Waals surface area contributed by atoms with E-state index in [1.165, 1.54) is 19.3 Å². The minimum absolute atomic E-state index is 0. The molecule has 1 spiro atoms. The standard InChI is InChI=1S/C8H13NO2.ClH/c10-7(11)6-4-8(5-9-6)2-1-3-8;/h6,9H,1-5H2,(H,10,11);1H/t6-;/m0./s1. The third-order valence-corrected chi connectivity index (χ3v) is 3.07. The van der Waals surface area contributed by atoms with Gasteiger partial charge in [-0.15, -0.1) is 12.4 Å². The third-order valence-electron chi connectivity index (χ3n) is 3.07. The summed E-state index contributed by atoms with van der Waals surface area (Å²) in [5, 5.41) is 11.8. The van der Waals surface area contributed by atoms with Gasteiger partial charge in [-0.3, -0.25) is 4.79 Å². The first-order chi connectivity index (χ1) is 5.22. The summed E-state index contributed by atoms with van der Waals surface area (Å²) in [6.07, 6.45) is 4.59. The molecule has 1 saturated carbocycles. The zero-order valence-electron chi connectivity index (χ0n) is 6.88. The van der Waals surface area contributed by atoms with Gasteiger partial charge in [0.05, 0.1) is 0 Å². The second-order valence-electron chi connectivity index (χ2n) is 3.83. The van der Waals surface area contributed by atoms with Crippen molar-refractivity contribution < 1.29 is 9.90 Å². The Balaban J connectivity index is 0.000000720. The van der Waals surface area contributed by atoms with Crippen LogP contribution in [0.3, 0.4) is 0 Å². The number of hydrogen-bond acceptors (Lipinski definition) is 2. The Morgan fingerprint density at radius 3 is 2.42 bits per heavy atom. The zero-order chi connectivity index (χ0) is 7.90. The second-order valence-corrected chi connectivity index (χ2v) is 3.83. The molecule has 4 heteroatoms. The van der Waals surface area contributed by atoms with E-state index in [0.29, 0.717) is 5.41 Å². The predicted octanol–water partition coefficient (Wildman–Crippen LogP) is 1.02. The van der Waals surface area contributed by atoms with E-state index in [-0.39, 0.29) is 18.4 Å². The van der Waals surface area contributed by atoms with Gasteiger partial charge in [0.1, 0.15) is 6.04 Å². The van der Waals surface area contributed by atoms with Crippen LogP contribution >= 0.6 is 12.4 Å². The molecule has 2 rings (SSSR count). The van der Waals surface area contributed by atoms with Crippen LogP contribution in [0.1, 0.15) is 25.7 Å². The molecule has 0 aromatic rings. The number of nitrogens with one attached hydrogen (secondary N) is 1. The van der Waals surface area contributed by atoms with Crippen molar-refractivity contribution in [2.75, 3.05) is 6.54 Å². The molecular weight excluding hydrogens is 178 g/mol. The lowest BCUT2D eigenvalue weighted by Gasteiger charge is -2.37. The SMILES string of the molecule is Cl.O=C(O)[C@@H]1CC2(CCC2)CN1. The Morgan fingerprint density at radius 2 is 2.17 bits per heavy atom. The molecule has 3 nitrogen and oxygen atoms in total. The molecule has 1 aliphatic carbocycles. The summed E-state index contributed by atoms with van der Waals surface area (Å²) in [5.41, 5.74) is 0.378. The number of hydrogen-bond donors (Lipinski definition) is 2. The molecule has 1 atom stereocenters. The fraction of sp³-hybridized carbons (Fsp3) is 0.875. The molecule has 1 saturated heterocycles. The molecular formula is C8H14ClNO2. The smallest absolute Gasteiger partial charge is 0.320 e. The van der Waals surface area contributed by atoms with E-state index in [0.717, 1.165) is 13.0 Å². The van der Waals surface area contributed by atoms with Gasteiger partial charge in [-0.1, -0.05) is 6.42 Å². The van der Waals surface area contributed by atoms with Crippen LogP contribution in [0, 0.1) is 5.41 Å².